The highest BCUT2D eigenvalue weighted by atomic mass is 16.6. The molecule has 18 heavy (non-hydrogen) atoms. The molecule has 0 saturated heterocycles. The summed E-state index contributed by atoms with van der Waals surface area (Å²) in [5, 5.41) is 11.0. The van der Waals surface area contributed by atoms with Gasteiger partial charge in [0.2, 0.25) is 5.82 Å². The van der Waals surface area contributed by atoms with Crippen LogP contribution in [0.5, 0.6) is 0 Å². The molecule has 0 bridgehead atoms. The molecule has 0 spiro atoms. The van der Waals surface area contributed by atoms with Crippen molar-refractivity contribution in [1.82, 2.24) is 15.3 Å². The zero-order valence-electron chi connectivity index (χ0n) is 9.63. The Bertz CT molecular complexity index is 601. The summed E-state index contributed by atoms with van der Waals surface area (Å²) >= 11 is 0. The maximum absolute atomic E-state index is 4.78. The highest BCUT2D eigenvalue weighted by Crippen LogP contribution is 2.22. The third-order valence-electron chi connectivity index (χ3n) is 2.64. The SMILES string of the molecule is c1ccc(CNc2nonc2-c2ccc[nH]2)cc1. The van der Waals surface area contributed by atoms with Gasteiger partial charge in [0.25, 0.3) is 0 Å². The fourth-order valence-corrected chi connectivity index (χ4v) is 1.74. The van der Waals surface area contributed by atoms with E-state index < -0.39 is 0 Å². The van der Waals surface area contributed by atoms with Gasteiger partial charge in [-0.2, -0.15) is 0 Å². The maximum atomic E-state index is 4.78. The Hall–Kier alpha value is -2.56. The van der Waals surface area contributed by atoms with E-state index in [9.17, 15) is 0 Å². The first-order chi connectivity index (χ1) is 8.93. The van der Waals surface area contributed by atoms with Gasteiger partial charge in [-0.1, -0.05) is 30.3 Å². The second-order valence-electron chi connectivity index (χ2n) is 3.88. The van der Waals surface area contributed by atoms with E-state index in [1.165, 1.54) is 5.56 Å². The summed E-state index contributed by atoms with van der Waals surface area (Å²) in [6, 6.07) is 13.9. The number of H-pyrrole nitrogens is 1. The summed E-state index contributed by atoms with van der Waals surface area (Å²) < 4.78 is 4.78. The largest absolute Gasteiger partial charge is 0.361 e. The third kappa shape index (κ3) is 2.10. The summed E-state index contributed by atoms with van der Waals surface area (Å²) in [7, 11) is 0. The van der Waals surface area contributed by atoms with E-state index in [0.29, 0.717) is 18.1 Å². The first-order valence-corrected chi connectivity index (χ1v) is 5.67. The predicted molar refractivity (Wildman–Crippen MR) is 67.9 cm³/mol. The summed E-state index contributed by atoms with van der Waals surface area (Å²) in [5.74, 6) is 0.640. The van der Waals surface area contributed by atoms with Gasteiger partial charge in [-0.25, -0.2) is 4.63 Å². The molecule has 0 saturated carbocycles. The fraction of sp³-hybridized carbons (Fsp3) is 0.0769. The molecule has 3 rings (SSSR count). The van der Waals surface area contributed by atoms with Crippen LogP contribution in [0, 0.1) is 0 Å². The van der Waals surface area contributed by atoms with Crippen LogP contribution in [0.2, 0.25) is 0 Å². The van der Waals surface area contributed by atoms with E-state index in [-0.39, 0.29) is 0 Å². The van der Waals surface area contributed by atoms with Gasteiger partial charge in [0.15, 0.2) is 5.69 Å². The topological polar surface area (TPSA) is 66.7 Å². The molecule has 1 aromatic carbocycles. The van der Waals surface area contributed by atoms with Crippen LogP contribution in [0.15, 0.2) is 53.3 Å². The van der Waals surface area contributed by atoms with Gasteiger partial charge in [0, 0.05) is 12.7 Å². The highest BCUT2D eigenvalue weighted by Gasteiger charge is 2.12. The van der Waals surface area contributed by atoms with Crippen LogP contribution in [0.25, 0.3) is 11.4 Å². The van der Waals surface area contributed by atoms with Crippen molar-refractivity contribution in [3.63, 3.8) is 0 Å². The van der Waals surface area contributed by atoms with Gasteiger partial charge in [-0.15, -0.1) is 0 Å². The second kappa shape index (κ2) is 4.75. The highest BCUT2D eigenvalue weighted by molar-refractivity contribution is 5.67. The number of aromatic nitrogens is 3. The van der Waals surface area contributed by atoms with Gasteiger partial charge in [0.1, 0.15) is 0 Å². The lowest BCUT2D eigenvalue weighted by Crippen LogP contribution is -2.00. The number of benzene rings is 1. The number of rotatable bonds is 4. The standard InChI is InChI=1S/C13H12N4O/c1-2-5-10(6-3-1)9-15-13-12(16-18-17-13)11-7-4-8-14-11/h1-8,14H,9H2,(H,15,17). The van der Waals surface area contributed by atoms with Crippen LogP contribution in [0.4, 0.5) is 5.82 Å². The molecule has 5 nitrogen and oxygen atoms in total. The smallest absolute Gasteiger partial charge is 0.200 e. The lowest BCUT2D eigenvalue weighted by Gasteiger charge is -2.03. The Morgan fingerprint density at radius 3 is 2.72 bits per heavy atom. The van der Waals surface area contributed by atoms with Crippen molar-refractivity contribution in [3.05, 3.63) is 54.2 Å². The summed E-state index contributed by atoms with van der Waals surface area (Å²) in [4.78, 5) is 3.08. The number of hydrogen-bond donors (Lipinski definition) is 2. The molecule has 2 heterocycles. The minimum absolute atomic E-state index is 0.640. The summed E-state index contributed by atoms with van der Waals surface area (Å²) in [6.45, 7) is 0.683. The van der Waals surface area contributed by atoms with Crippen LogP contribution < -0.4 is 5.32 Å². The molecule has 3 aromatic rings. The average molecular weight is 240 g/mol. The van der Waals surface area contributed by atoms with Gasteiger partial charge < -0.3 is 10.3 Å². The number of hydrogen-bond acceptors (Lipinski definition) is 4. The molecule has 2 N–H and O–H groups in total. The zero-order valence-corrected chi connectivity index (χ0v) is 9.63. The molecule has 2 aromatic heterocycles. The van der Waals surface area contributed by atoms with Crippen LogP contribution in [0.1, 0.15) is 5.56 Å². The van der Waals surface area contributed by atoms with Crippen molar-refractivity contribution < 1.29 is 4.63 Å². The number of nitrogens with zero attached hydrogens (tertiary/aromatic N) is 2. The Labute approximate surface area is 104 Å². The van der Waals surface area contributed by atoms with Gasteiger partial charge in [-0.05, 0) is 28.0 Å². The zero-order chi connectivity index (χ0) is 12.2. The van der Waals surface area contributed by atoms with Crippen molar-refractivity contribution in [2.75, 3.05) is 5.32 Å². The van der Waals surface area contributed by atoms with Gasteiger partial charge >= 0.3 is 0 Å². The Kier molecular flexibility index (Phi) is 2.79. The molecular weight excluding hydrogens is 228 g/mol. The first-order valence-electron chi connectivity index (χ1n) is 5.67. The molecule has 0 aliphatic heterocycles. The number of nitrogens with one attached hydrogen (secondary N) is 2. The van der Waals surface area contributed by atoms with E-state index in [1.807, 2.05) is 36.5 Å². The summed E-state index contributed by atoms with van der Waals surface area (Å²) in [6.07, 6.45) is 1.84. The molecule has 0 radical (unpaired) electrons. The lowest BCUT2D eigenvalue weighted by atomic mass is 10.2. The quantitative estimate of drug-likeness (QED) is 0.735. The fourth-order valence-electron chi connectivity index (χ4n) is 1.74. The third-order valence-corrected chi connectivity index (χ3v) is 2.64. The van der Waals surface area contributed by atoms with Crippen LogP contribution in [0.3, 0.4) is 0 Å². The van der Waals surface area contributed by atoms with Crippen LogP contribution in [-0.2, 0) is 6.54 Å². The summed E-state index contributed by atoms with van der Waals surface area (Å²) in [5.41, 5.74) is 2.75. The van der Waals surface area contributed by atoms with Crippen molar-refractivity contribution in [1.29, 1.82) is 0 Å². The number of anilines is 1. The van der Waals surface area contributed by atoms with Crippen LogP contribution in [-0.4, -0.2) is 15.3 Å². The molecule has 0 fully saturated rings. The lowest BCUT2D eigenvalue weighted by molar-refractivity contribution is 0.310. The van der Waals surface area contributed by atoms with E-state index in [1.54, 1.807) is 0 Å². The Morgan fingerprint density at radius 1 is 1.06 bits per heavy atom. The normalized spacial score (nSPS) is 10.4. The molecule has 0 amide bonds. The first kappa shape index (κ1) is 10.6. The number of aromatic amines is 1. The molecule has 0 atom stereocenters. The van der Waals surface area contributed by atoms with Crippen molar-refractivity contribution >= 4 is 5.82 Å². The van der Waals surface area contributed by atoms with E-state index >= 15 is 0 Å². The predicted octanol–water partition coefficient (Wildman–Crippen LogP) is 2.68. The van der Waals surface area contributed by atoms with Crippen molar-refractivity contribution in [3.8, 4) is 11.4 Å². The van der Waals surface area contributed by atoms with Gasteiger partial charge in [-0.3, -0.25) is 0 Å². The molecule has 90 valence electrons. The Morgan fingerprint density at radius 2 is 1.94 bits per heavy atom. The molecular formula is C13H12N4O. The molecule has 0 aliphatic carbocycles. The van der Waals surface area contributed by atoms with Crippen molar-refractivity contribution in [2.24, 2.45) is 0 Å². The molecule has 5 heteroatoms. The molecule has 0 aliphatic rings. The van der Waals surface area contributed by atoms with E-state index in [4.69, 9.17) is 4.63 Å². The maximum Gasteiger partial charge on any atom is 0.200 e. The average Bonchev–Trinajstić information content (AvgIpc) is 3.08. The molecule has 0 unspecified atom stereocenters. The van der Waals surface area contributed by atoms with Crippen molar-refractivity contribution in [2.45, 2.75) is 6.54 Å². The minimum atomic E-state index is 0.640. The van der Waals surface area contributed by atoms with Gasteiger partial charge in [0.05, 0.1) is 5.69 Å². The monoisotopic (exact) mass is 240 g/mol. The van der Waals surface area contributed by atoms with E-state index in [0.717, 1.165) is 5.69 Å². The Balaban J connectivity index is 1.76. The van der Waals surface area contributed by atoms with Crippen LogP contribution >= 0.6 is 0 Å². The second-order valence-corrected chi connectivity index (χ2v) is 3.88. The minimum Gasteiger partial charge on any atom is -0.361 e. The van der Waals surface area contributed by atoms with E-state index in [2.05, 4.69) is 32.7 Å².